The van der Waals surface area contributed by atoms with Crippen LogP contribution in [0.4, 0.5) is 5.69 Å². The van der Waals surface area contributed by atoms with Gasteiger partial charge in [-0.05, 0) is 30.9 Å². The highest BCUT2D eigenvalue weighted by Crippen LogP contribution is 2.23. The number of hydrogen-bond acceptors (Lipinski definition) is 5. The fraction of sp³-hybridized carbons (Fsp3) is 0.400. The molecule has 0 aliphatic carbocycles. The number of nitrogens with zero attached hydrogens (tertiary/aromatic N) is 2. The standard InChI is InChI=1S/C15H20N4O3S/c1-4-11-7-6-8-12(5-2)13(11)18-14(20)10(3)23(21,22)15-16-9-17-19-15/h6-10H,4-5H2,1-3H3,(H,18,20)(H,16,17,19). The van der Waals surface area contributed by atoms with E-state index in [0.29, 0.717) is 5.69 Å². The Kier molecular flexibility index (Phi) is 5.15. The van der Waals surface area contributed by atoms with Crippen molar-refractivity contribution in [1.29, 1.82) is 0 Å². The van der Waals surface area contributed by atoms with Crippen LogP contribution in [0.15, 0.2) is 29.7 Å². The first-order chi connectivity index (χ1) is 10.9. The third kappa shape index (κ3) is 3.42. The number of benzene rings is 1. The first-order valence-electron chi connectivity index (χ1n) is 7.42. The van der Waals surface area contributed by atoms with Crippen LogP contribution >= 0.6 is 0 Å². The number of aryl methyl sites for hydroxylation is 2. The number of carbonyl (C=O) groups excluding carboxylic acids is 1. The zero-order chi connectivity index (χ0) is 17.0. The predicted octanol–water partition coefficient (Wildman–Crippen LogP) is 1.73. The van der Waals surface area contributed by atoms with Gasteiger partial charge in [0.15, 0.2) is 0 Å². The van der Waals surface area contributed by atoms with E-state index in [1.165, 1.54) is 6.92 Å². The van der Waals surface area contributed by atoms with Gasteiger partial charge in [0.05, 0.1) is 0 Å². The minimum Gasteiger partial charge on any atom is -0.324 e. The number of aromatic amines is 1. The SMILES string of the molecule is CCc1cccc(CC)c1NC(=O)C(C)S(=O)(=O)c1ncn[nH]1. The van der Waals surface area contributed by atoms with E-state index in [1.54, 1.807) is 0 Å². The summed E-state index contributed by atoms with van der Waals surface area (Å²) in [5.41, 5.74) is 2.64. The van der Waals surface area contributed by atoms with Crippen molar-refractivity contribution in [3.63, 3.8) is 0 Å². The molecule has 8 heteroatoms. The summed E-state index contributed by atoms with van der Waals surface area (Å²) in [7, 11) is -3.90. The van der Waals surface area contributed by atoms with Crippen LogP contribution in [0.3, 0.4) is 0 Å². The number of carbonyl (C=O) groups is 1. The molecule has 1 aromatic heterocycles. The summed E-state index contributed by atoms with van der Waals surface area (Å²) >= 11 is 0. The molecule has 2 N–H and O–H groups in total. The summed E-state index contributed by atoms with van der Waals surface area (Å²) in [4.78, 5) is 16.1. The summed E-state index contributed by atoms with van der Waals surface area (Å²) in [5.74, 6) is -0.586. The highest BCUT2D eigenvalue weighted by molar-refractivity contribution is 7.92. The van der Waals surface area contributed by atoms with Gasteiger partial charge in [-0.1, -0.05) is 32.0 Å². The van der Waals surface area contributed by atoms with E-state index in [9.17, 15) is 13.2 Å². The molecule has 124 valence electrons. The number of H-pyrrole nitrogens is 1. The van der Waals surface area contributed by atoms with Gasteiger partial charge in [0.25, 0.3) is 0 Å². The van der Waals surface area contributed by atoms with Crippen molar-refractivity contribution in [2.24, 2.45) is 0 Å². The minimum atomic E-state index is -3.90. The monoisotopic (exact) mass is 336 g/mol. The molecule has 1 amide bonds. The quantitative estimate of drug-likeness (QED) is 0.836. The Balaban J connectivity index is 2.29. The number of para-hydroxylation sites is 1. The normalized spacial score (nSPS) is 12.8. The molecule has 0 fully saturated rings. The molecule has 0 saturated heterocycles. The summed E-state index contributed by atoms with van der Waals surface area (Å²) in [6.45, 7) is 5.31. The van der Waals surface area contributed by atoms with Gasteiger partial charge >= 0.3 is 0 Å². The van der Waals surface area contributed by atoms with Crippen molar-refractivity contribution in [2.45, 2.75) is 44.0 Å². The number of anilines is 1. The lowest BCUT2D eigenvalue weighted by Gasteiger charge is -2.17. The van der Waals surface area contributed by atoms with Crippen LogP contribution in [0.5, 0.6) is 0 Å². The second kappa shape index (κ2) is 6.91. The number of rotatable bonds is 6. The van der Waals surface area contributed by atoms with Crippen molar-refractivity contribution in [2.75, 3.05) is 5.32 Å². The largest absolute Gasteiger partial charge is 0.324 e. The van der Waals surface area contributed by atoms with Gasteiger partial charge in [-0.3, -0.25) is 9.89 Å². The fourth-order valence-corrected chi connectivity index (χ4v) is 3.32. The molecule has 1 unspecified atom stereocenters. The van der Waals surface area contributed by atoms with E-state index in [-0.39, 0.29) is 5.16 Å². The van der Waals surface area contributed by atoms with Crippen LogP contribution in [0.25, 0.3) is 0 Å². The number of amides is 1. The maximum atomic E-state index is 12.4. The smallest absolute Gasteiger partial charge is 0.243 e. The summed E-state index contributed by atoms with van der Waals surface area (Å²) in [6.07, 6.45) is 2.58. The fourth-order valence-electron chi connectivity index (χ4n) is 2.27. The average Bonchev–Trinajstić information content (AvgIpc) is 3.09. The van der Waals surface area contributed by atoms with Gasteiger partial charge in [0, 0.05) is 5.69 Å². The Bertz CT molecular complexity index is 763. The van der Waals surface area contributed by atoms with Crippen molar-refractivity contribution in [1.82, 2.24) is 15.2 Å². The Labute approximate surface area is 135 Å². The summed E-state index contributed by atoms with van der Waals surface area (Å²) < 4.78 is 24.7. The molecule has 0 saturated carbocycles. The van der Waals surface area contributed by atoms with Gasteiger partial charge in [-0.25, -0.2) is 13.4 Å². The lowest BCUT2D eigenvalue weighted by Crippen LogP contribution is -2.33. The van der Waals surface area contributed by atoms with Crippen LogP contribution in [0.1, 0.15) is 31.9 Å². The highest BCUT2D eigenvalue weighted by Gasteiger charge is 2.32. The molecule has 2 rings (SSSR count). The van der Waals surface area contributed by atoms with Gasteiger partial charge in [0.2, 0.25) is 20.9 Å². The molecular weight excluding hydrogens is 316 g/mol. The van der Waals surface area contributed by atoms with E-state index in [4.69, 9.17) is 0 Å². The molecule has 1 heterocycles. The molecule has 1 atom stereocenters. The maximum absolute atomic E-state index is 12.4. The predicted molar refractivity (Wildman–Crippen MR) is 86.9 cm³/mol. The average molecular weight is 336 g/mol. The molecule has 0 bridgehead atoms. The third-order valence-electron chi connectivity index (χ3n) is 3.74. The number of aromatic nitrogens is 3. The van der Waals surface area contributed by atoms with Crippen LogP contribution in [-0.4, -0.2) is 34.8 Å². The van der Waals surface area contributed by atoms with Crippen molar-refractivity contribution in [3.8, 4) is 0 Å². The minimum absolute atomic E-state index is 0.306. The zero-order valence-electron chi connectivity index (χ0n) is 13.3. The second-order valence-corrected chi connectivity index (χ2v) is 7.31. The van der Waals surface area contributed by atoms with Gasteiger partial charge in [-0.15, -0.1) is 0 Å². The molecule has 7 nitrogen and oxygen atoms in total. The lowest BCUT2D eigenvalue weighted by molar-refractivity contribution is -0.115. The maximum Gasteiger partial charge on any atom is 0.243 e. The van der Waals surface area contributed by atoms with Crippen LogP contribution in [-0.2, 0) is 27.5 Å². The molecule has 23 heavy (non-hydrogen) atoms. The number of nitrogens with one attached hydrogen (secondary N) is 2. The van der Waals surface area contributed by atoms with Gasteiger partial charge < -0.3 is 5.32 Å². The lowest BCUT2D eigenvalue weighted by atomic mass is 10.0. The molecule has 1 aromatic carbocycles. The molecule has 0 aliphatic rings. The van der Waals surface area contributed by atoms with Crippen molar-refractivity contribution < 1.29 is 13.2 Å². The first-order valence-corrected chi connectivity index (χ1v) is 8.97. The molecule has 0 radical (unpaired) electrons. The topological polar surface area (TPSA) is 105 Å². The third-order valence-corrected chi connectivity index (χ3v) is 5.62. The van der Waals surface area contributed by atoms with E-state index in [2.05, 4.69) is 20.5 Å². The van der Waals surface area contributed by atoms with Crippen LogP contribution < -0.4 is 5.32 Å². The van der Waals surface area contributed by atoms with Crippen molar-refractivity contribution in [3.05, 3.63) is 35.7 Å². The Morgan fingerprint density at radius 1 is 1.26 bits per heavy atom. The molecule has 0 spiro atoms. The highest BCUT2D eigenvalue weighted by atomic mass is 32.2. The van der Waals surface area contributed by atoms with Crippen molar-refractivity contribution >= 4 is 21.4 Å². The summed E-state index contributed by atoms with van der Waals surface area (Å²) in [6, 6.07) is 5.77. The van der Waals surface area contributed by atoms with Crippen LogP contribution in [0.2, 0.25) is 0 Å². The Morgan fingerprint density at radius 3 is 2.35 bits per heavy atom. The summed E-state index contributed by atoms with van der Waals surface area (Å²) in [5, 5.41) is 7.00. The number of sulfone groups is 1. The second-order valence-electron chi connectivity index (χ2n) is 5.13. The first kappa shape index (κ1) is 17.1. The van der Waals surface area contributed by atoms with Gasteiger partial charge in [-0.2, -0.15) is 5.10 Å². The van der Waals surface area contributed by atoms with E-state index < -0.39 is 21.0 Å². The van der Waals surface area contributed by atoms with E-state index >= 15 is 0 Å². The molecular formula is C15H20N4O3S. The van der Waals surface area contributed by atoms with Crippen LogP contribution in [0, 0.1) is 0 Å². The molecule has 0 aliphatic heterocycles. The Hall–Kier alpha value is -2.22. The number of hydrogen-bond donors (Lipinski definition) is 2. The van der Waals surface area contributed by atoms with E-state index in [1.807, 2.05) is 32.0 Å². The van der Waals surface area contributed by atoms with E-state index in [0.717, 1.165) is 30.3 Å². The van der Waals surface area contributed by atoms with Gasteiger partial charge in [0.1, 0.15) is 11.6 Å². The Morgan fingerprint density at radius 2 is 1.87 bits per heavy atom. The zero-order valence-corrected chi connectivity index (χ0v) is 14.1. The molecule has 2 aromatic rings.